The Morgan fingerprint density at radius 2 is 1.68 bits per heavy atom. The first-order valence-electron chi connectivity index (χ1n) is 9.84. The molecule has 0 radical (unpaired) electrons. The molecule has 1 aromatic heterocycles. The van der Waals surface area contributed by atoms with Gasteiger partial charge in [-0.15, -0.1) is 0 Å². The Balaban J connectivity index is 1.39. The van der Waals surface area contributed by atoms with Gasteiger partial charge in [0.2, 0.25) is 21.7 Å². The first-order valence-corrected chi connectivity index (χ1v) is 11.3. The van der Waals surface area contributed by atoms with E-state index >= 15 is 0 Å². The summed E-state index contributed by atoms with van der Waals surface area (Å²) < 4.78 is 43.4. The molecule has 3 aromatic rings. The summed E-state index contributed by atoms with van der Waals surface area (Å²) in [7, 11) is -0.637. The summed E-state index contributed by atoms with van der Waals surface area (Å²) >= 11 is 0. The lowest BCUT2D eigenvalue weighted by atomic mass is 10.2. The van der Waals surface area contributed by atoms with Gasteiger partial charge in [-0.05, 0) is 12.1 Å². The van der Waals surface area contributed by atoms with Crippen LogP contribution in [-0.2, 0) is 16.6 Å². The molecule has 0 aliphatic carbocycles. The van der Waals surface area contributed by atoms with Crippen molar-refractivity contribution in [2.24, 2.45) is 0 Å². The van der Waals surface area contributed by atoms with Gasteiger partial charge < -0.3 is 14.0 Å². The molecule has 9 nitrogen and oxygen atoms in total. The number of benzene rings is 2. The molecule has 0 unspecified atom stereocenters. The van der Waals surface area contributed by atoms with Crippen LogP contribution in [0.2, 0.25) is 0 Å². The van der Waals surface area contributed by atoms with Gasteiger partial charge in [0.1, 0.15) is 0 Å². The van der Waals surface area contributed by atoms with Crippen LogP contribution in [0.3, 0.4) is 0 Å². The Hall–Kier alpha value is -2.95. The maximum Gasteiger partial charge on any atom is 0.243 e. The van der Waals surface area contributed by atoms with Crippen molar-refractivity contribution in [1.29, 1.82) is 0 Å². The van der Waals surface area contributed by atoms with Crippen LogP contribution in [0.15, 0.2) is 57.9 Å². The number of piperazine rings is 1. The predicted molar refractivity (Wildman–Crippen MR) is 113 cm³/mol. The molecule has 1 aliphatic rings. The van der Waals surface area contributed by atoms with Crippen molar-refractivity contribution in [3.05, 3.63) is 54.4 Å². The molecular weight excluding hydrogens is 420 g/mol. The molecule has 0 spiro atoms. The zero-order chi connectivity index (χ0) is 21.8. The van der Waals surface area contributed by atoms with Gasteiger partial charge in [-0.3, -0.25) is 4.90 Å². The number of rotatable bonds is 7. The van der Waals surface area contributed by atoms with Crippen LogP contribution in [0, 0.1) is 0 Å². The SMILES string of the molecule is COc1ccc(S(=O)(=O)N2CCN(Cc3nc(-c4ccccc4)no3)CC2)cc1OC. The predicted octanol–water partition coefficient (Wildman–Crippen LogP) is 2.26. The van der Waals surface area contributed by atoms with E-state index in [-0.39, 0.29) is 4.90 Å². The molecule has 0 atom stereocenters. The van der Waals surface area contributed by atoms with E-state index in [1.807, 2.05) is 30.3 Å². The maximum atomic E-state index is 13.1. The van der Waals surface area contributed by atoms with E-state index in [2.05, 4.69) is 15.0 Å². The normalized spacial score (nSPS) is 15.7. The Morgan fingerprint density at radius 1 is 0.968 bits per heavy atom. The van der Waals surface area contributed by atoms with Crippen molar-refractivity contribution in [3.63, 3.8) is 0 Å². The maximum absolute atomic E-state index is 13.1. The molecule has 164 valence electrons. The van der Waals surface area contributed by atoms with E-state index in [9.17, 15) is 8.42 Å². The van der Waals surface area contributed by atoms with Crippen LogP contribution in [0.5, 0.6) is 11.5 Å². The van der Waals surface area contributed by atoms with Crippen molar-refractivity contribution in [3.8, 4) is 22.9 Å². The van der Waals surface area contributed by atoms with Crippen molar-refractivity contribution in [1.82, 2.24) is 19.3 Å². The third-order valence-electron chi connectivity index (χ3n) is 5.18. The van der Waals surface area contributed by atoms with Gasteiger partial charge >= 0.3 is 0 Å². The zero-order valence-electron chi connectivity index (χ0n) is 17.4. The minimum absolute atomic E-state index is 0.183. The summed E-state index contributed by atoms with van der Waals surface area (Å²) in [5.41, 5.74) is 0.892. The highest BCUT2D eigenvalue weighted by atomic mass is 32.2. The summed E-state index contributed by atoms with van der Waals surface area (Å²) in [6.07, 6.45) is 0. The first-order chi connectivity index (χ1) is 15.0. The largest absolute Gasteiger partial charge is 0.493 e. The number of hydrogen-bond donors (Lipinski definition) is 0. The van der Waals surface area contributed by atoms with Gasteiger partial charge in [-0.1, -0.05) is 35.5 Å². The van der Waals surface area contributed by atoms with Crippen LogP contribution in [-0.4, -0.2) is 68.2 Å². The molecule has 1 fully saturated rings. The Bertz CT molecular complexity index is 1130. The Morgan fingerprint density at radius 3 is 2.35 bits per heavy atom. The molecule has 31 heavy (non-hydrogen) atoms. The molecule has 0 saturated carbocycles. The quantitative estimate of drug-likeness (QED) is 0.547. The van der Waals surface area contributed by atoms with E-state index in [0.29, 0.717) is 55.9 Å². The number of ether oxygens (including phenoxy) is 2. The molecule has 2 heterocycles. The monoisotopic (exact) mass is 444 g/mol. The molecule has 0 bridgehead atoms. The highest BCUT2D eigenvalue weighted by Gasteiger charge is 2.30. The Labute approximate surface area is 181 Å². The highest BCUT2D eigenvalue weighted by Crippen LogP contribution is 2.31. The molecule has 4 rings (SSSR count). The summed E-state index contributed by atoms with van der Waals surface area (Å²) in [4.78, 5) is 6.73. The number of nitrogens with zero attached hydrogens (tertiary/aromatic N) is 4. The standard InChI is InChI=1S/C21H24N4O5S/c1-28-18-9-8-17(14-19(18)29-2)31(26,27)25-12-10-24(11-13-25)15-20-22-21(23-30-20)16-6-4-3-5-7-16/h3-9,14H,10-13,15H2,1-2H3. The molecule has 0 amide bonds. The smallest absolute Gasteiger partial charge is 0.243 e. The van der Waals surface area contributed by atoms with Crippen LogP contribution in [0.25, 0.3) is 11.4 Å². The zero-order valence-corrected chi connectivity index (χ0v) is 18.2. The topological polar surface area (TPSA) is 98.0 Å². The fraction of sp³-hybridized carbons (Fsp3) is 0.333. The van der Waals surface area contributed by atoms with Gasteiger partial charge in [0.15, 0.2) is 11.5 Å². The fourth-order valence-corrected chi connectivity index (χ4v) is 4.91. The second kappa shape index (κ2) is 9.04. The van der Waals surface area contributed by atoms with Gasteiger partial charge in [0.05, 0.1) is 25.7 Å². The summed E-state index contributed by atoms with van der Waals surface area (Å²) in [6.45, 7) is 2.35. The van der Waals surface area contributed by atoms with E-state index in [1.165, 1.54) is 30.7 Å². The fourth-order valence-electron chi connectivity index (χ4n) is 3.47. The van der Waals surface area contributed by atoms with Gasteiger partial charge in [-0.25, -0.2) is 8.42 Å². The minimum atomic E-state index is -3.63. The second-order valence-corrected chi connectivity index (χ2v) is 9.01. The average molecular weight is 445 g/mol. The number of aromatic nitrogens is 2. The van der Waals surface area contributed by atoms with E-state index in [4.69, 9.17) is 14.0 Å². The summed E-state index contributed by atoms with van der Waals surface area (Å²) in [5, 5.41) is 4.04. The lowest BCUT2D eigenvalue weighted by molar-refractivity contribution is 0.163. The molecule has 0 N–H and O–H groups in total. The van der Waals surface area contributed by atoms with Crippen molar-refractivity contribution < 1.29 is 22.4 Å². The van der Waals surface area contributed by atoms with Gasteiger partial charge in [-0.2, -0.15) is 9.29 Å². The van der Waals surface area contributed by atoms with Crippen LogP contribution in [0.1, 0.15) is 5.89 Å². The number of sulfonamides is 1. The average Bonchev–Trinajstić information content (AvgIpc) is 3.28. The van der Waals surface area contributed by atoms with Crippen LogP contribution < -0.4 is 9.47 Å². The third-order valence-corrected chi connectivity index (χ3v) is 7.08. The van der Waals surface area contributed by atoms with Crippen molar-refractivity contribution in [2.45, 2.75) is 11.4 Å². The van der Waals surface area contributed by atoms with Crippen molar-refractivity contribution >= 4 is 10.0 Å². The third kappa shape index (κ3) is 4.55. The van der Waals surface area contributed by atoms with Crippen LogP contribution >= 0.6 is 0 Å². The minimum Gasteiger partial charge on any atom is -0.493 e. The molecule has 10 heteroatoms. The second-order valence-electron chi connectivity index (χ2n) is 7.07. The summed E-state index contributed by atoms with van der Waals surface area (Å²) in [5.74, 6) is 1.92. The molecular formula is C21H24N4O5S. The lowest BCUT2D eigenvalue weighted by Crippen LogP contribution is -2.48. The van der Waals surface area contributed by atoms with E-state index in [1.54, 1.807) is 6.07 Å². The van der Waals surface area contributed by atoms with Crippen molar-refractivity contribution in [2.75, 3.05) is 40.4 Å². The lowest BCUT2D eigenvalue weighted by Gasteiger charge is -2.33. The number of methoxy groups -OCH3 is 2. The number of hydrogen-bond acceptors (Lipinski definition) is 8. The Kier molecular flexibility index (Phi) is 6.21. The first kappa shape index (κ1) is 21.3. The van der Waals surface area contributed by atoms with Gasteiger partial charge in [0.25, 0.3) is 0 Å². The van der Waals surface area contributed by atoms with Crippen LogP contribution in [0.4, 0.5) is 0 Å². The summed E-state index contributed by atoms with van der Waals surface area (Å²) in [6, 6.07) is 14.2. The molecule has 1 saturated heterocycles. The molecule has 1 aliphatic heterocycles. The van der Waals surface area contributed by atoms with Gasteiger partial charge in [0, 0.05) is 37.8 Å². The molecule has 2 aromatic carbocycles. The van der Waals surface area contributed by atoms with E-state index < -0.39 is 10.0 Å². The highest BCUT2D eigenvalue weighted by molar-refractivity contribution is 7.89. The van der Waals surface area contributed by atoms with E-state index in [0.717, 1.165) is 5.56 Å².